The van der Waals surface area contributed by atoms with Crippen molar-refractivity contribution in [3.8, 4) is 0 Å². The first-order valence-electron chi connectivity index (χ1n) is 5.47. The Balaban J connectivity index is 2.07. The van der Waals surface area contributed by atoms with Crippen molar-refractivity contribution in [1.82, 2.24) is 9.97 Å². The fraction of sp³-hybridized carbons (Fsp3) is 0.636. The van der Waals surface area contributed by atoms with Crippen molar-refractivity contribution >= 4 is 17.4 Å². The molecule has 0 aliphatic carbocycles. The lowest BCUT2D eigenvalue weighted by Crippen LogP contribution is -2.09. The highest BCUT2D eigenvalue weighted by molar-refractivity contribution is 6.29. The number of hydrogen-bond donors (Lipinski definition) is 1. The Morgan fingerprint density at radius 3 is 2.94 bits per heavy atom. The molecule has 0 bridgehead atoms. The molecule has 0 atom stereocenters. The lowest BCUT2D eigenvalue weighted by Gasteiger charge is -2.07. The fourth-order valence-corrected chi connectivity index (χ4v) is 1.29. The van der Waals surface area contributed by atoms with Gasteiger partial charge in [0, 0.05) is 25.8 Å². The zero-order chi connectivity index (χ0) is 11.8. The summed E-state index contributed by atoms with van der Waals surface area (Å²) in [6.07, 6.45) is 2.40. The minimum atomic E-state index is 0.452. The zero-order valence-corrected chi connectivity index (χ0v) is 10.5. The zero-order valence-electron chi connectivity index (χ0n) is 9.74. The van der Waals surface area contributed by atoms with Gasteiger partial charge in [-0.3, -0.25) is 0 Å². The van der Waals surface area contributed by atoms with Gasteiger partial charge >= 0.3 is 0 Å². The van der Waals surface area contributed by atoms with Crippen molar-refractivity contribution in [2.45, 2.75) is 20.3 Å². The molecule has 0 aliphatic rings. The van der Waals surface area contributed by atoms with E-state index in [1.165, 1.54) is 6.33 Å². The number of rotatable bonds is 7. The second-order valence-corrected chi connectivity index (χ2v) is 4.36. The van der Waals surface area contributed by atoms with Gasteiger partial charge in [-0.15, -0.1) is 0 Å². The first-order chi connectivity index (χ1) is 7.68. The predicted octanol–water partition coefficient (Wildman–Crippen LogP) is 2.60. The molecular formula is C11H18ClN3O. The maximum atomic E-state index is 5.73. The molecule has 1 heterocycles. The molecule has 0 aliphatic heterocycles. The third kappa shape index (κ3) is 5.88. The highest BCUT2D eigenvalue weighted by Crippen LogP contribution is 2.08. The molecule has 5 heteroatoms. The lowest BCUT2D eigenvalue weighted by molar-refractivity contribution is 0.110. The Bertz CT molecular complexity index is 307. The van der Waals surface area contributed by atoms with Crippen LogP contribution in [0.4, 0.5) is 5.82 Å². The van der Waals surface area contributed by atoms with Crippen LogP contribution in [0.2, 0.25) is 5.15 Å². The number of nitrogens with one attached hydrogen (secondary N) is 1. The van der Waals surface area contributed by atoms with Crippen molar-refractivity contribution in [2.24, 2.45) is 5.92 Å². The molecule has 90 valence electrons. The van der Waals surface area contributed by atoms with E-state index in [-0.39, 0.29) is 0 Å². The van der Waals surface area contributed by atoms with Crippen molar-refractivity contribution in [1.29, 1.82) is 0 Å². The van der Waals surface area contributed by atoms with Gasteiger partial charge in [0.1, 0.15) is 17.3 Å². The van der Waals surface area contributed by atoms with Gasteiger partial charge in [-0.1, -0.05) is 25.4 Å². The van der Waals surface area contributed by atoms with Gasteiger partial charge in [0.25, 0.3) is 0 Å². The van der Waals surface area contributed by atoms with Crippen LogP contribution < -0.4 is 5.32 Å². The maximum absolute atomic E-state index is 5.73. The van der Waals surface area contributed by atoms with E-state index in [0.29, 0.717) is 11.1 Å². The molecule has 0 amide bonds. The minimum absolute atomic E-state index is 0.452. The van der Waals surface area contributed by atoms with Crippen LogP contribution in [-0.2, 0) is 4.74 Å². The molecule has 0 aromatic carbocycles. The van der Waals surface area contributed by atoms with E-state index in [0.717, 1.165) is 32.0 Å². The Morgan fingerprint density at radius 1 is 1.44 bits per heavy atom. The molecule has 0 saturated heterocycles. The Morgan fingerprint density at radius 2 is 2.25 bits per heavy atom. The number of nitrogens with zero attached hydrogens (tertiary/aromatic N) is 2. The van der Waals surface area contributed by atoms with E-state index in [9.17, 15) is 0 Å². The van der Waals surface area contributed by atoms with Crippen LogP contribution in [0.5, 0.6) is 0 Å². The van der Waals surface area contributed by atoms with Crippen LogP contribution in [0.3, 0.4) is 0 Å². The molecule has 1 aromatic heterocycles. The molecule has 16 heavy (non-hydrogen) atoms. The number of aromatic nitrogens is 2. The molecule has 0 unspecified atom stereocenters. The molecule has 1 N–H and O–H groups in total. The van der Waals surface area contributed by atoms with E-state index in [1.54, 1.807) is 6.07 Å². The summed E-state index contributed by atoms with van der Waals surface area (Å²) in [6.45, 7) is 6.69. The summed E-state index contributed by atoms with van der Waals surface area (Å²) in [5.41, 5.74) is 0. The average molecular weight is 244 g/mol. The van der Waals surface area contributed by atoms with Crippen LogP contribution in [0.15, 0.2) is 12.4 Å². The van der Waals surface area contributed by atoms with E-state index < -0.39 is 0 Å². The molecule has 4 nitrogen and oxygen atoms in total. The third-order valence-corrected chi connectivity index (χ3v) is 2.06. The van der Waals surface area contributed by atoms with Crippen molar-refractivity contribution < 1.29 is 4.74 Å². The first kappa shape index (κ1) is 13.2. The minimum Gasteiger partial charge on any atom is -0.381 e. The van der Waals surface area contributed by atoms with Gasteiger partial charge in [-0.25, -0.2) is 9.97 Å². The van der Waals surface area contributed by atoms with Crippen LogP contribution in [0.1, 0.15) is 20.3 Å². The van der Waals surface area contributed by atoms with E-state index in [1.807, 2.05) is 0 Å². The number of hydrogen-bond acceptors (Lipinski definition) is 4. The van der Waals surface area contributed by atoms with Gasteiger partial charge in [0.15, 0.2) is 0 Å². The molecule has 0 spiro atoms. The predicted molar refractivity (Wildman–Crippen MR) is 65.8 cm³/mol. The summed E-state index contributed by atoms with van der Waals surface area (Å²) in [4.78, 5) is 7.84. The molecular weight excluding hydrogens is 226 g/mol. The Kier molecular flexibility index (Phi) is 6.11. The van der Waals surface area contributed by atoms with Gasteiger partial charge in [0.2, 0.25) is 0 Å². The number of anilines is 1. The summed E-state index contributed by atoms with van der Waals surface area (Å²) in [6, 6.07) is 1.70. The fourth-order valence-electron chi connectivity index (χ4n) is 1.14. The van der Waals surface area contributed by atoms with Crippen LogP contribution >= 0.6 is 11.6 Å². The standard InChI is InChI=1S/C11H18ClN3O/c1-9(2)7-16-5-3-4-13-11-6-10(12)14-8-15-11/h6,8-9H,3-5,7H2,1-2H3,(H,13,14,15). The molecule has 0 saturated carbocycles. The summed E-state index contributed by atoms with van der Waals surface area (Å²) in [5.74, 6) is 1.34. The average Bonchev–Trinajstić information content (AvgIpc) is 2.23. The highest BCUT2D eigenvalue weighted by atomic mass is 35.5. The Hall–Kier alpha value is -0.870. The second kappa shape index (κ2) is 7.41. The van der Waals surface area contributed by atoms with Crippen LogP contribution in [0, 0.1) is 5.92 Å². The maximum Gasteiger partial charge on any atom is 0.134 e. The summed E-state index contributed by atoms with van der Waals surface area (Å²) < 4.78 is 5.46. The highest BCUT2D eigenvalue weighted by Gasteiger charge is 1.96. The van der Waals surface area contributed by atoms with Crippen LogP contribution in [-0.4, -0.2) is 29.7 Å². The van der Waals surface area contributed by atoms with Crippen LogP contribution in [0.25, 0.3) is 0 Å². The van der Waals surface area contributed by atoms with E-state index in [4.69, 9.17) is 16.3 Å². The molecule has 0 fully saturated rings. The monoisotopic (exact) mass is 243 g/mol. The van der Waals surface area contributed by atoms with Crippen molar-refractivity contribution in [3.05, 3.63) is 17.5 Å². The van der Waals surface area contributed by atoms with Gasteiger partial charge < -0.3 is 10.1 Å². The molecule has 1 rings (SSSR count). The number of halogens is 1. The second-order valence-electron chi connectivity index (χ2n) is 3.98. The van der Waals surface area contributed by atoms with Gasteiger partial charge in [0.05, 0.1) is 0 Å². The topological polar surface area (TPSA) is 47.0 Å². The first-order valence-corrected chi connectivity index (χ1v) is 5.85. The lowest BCUT2D eigenvalue weighted by atomic mass is 10.2. The Labute approximate surface area is 101 Å². The third-order valence-electron chi connectivity index (χ3n) is 1.86. The summed E-state index contributed by atoms with van der Waals surface area (Å²) >= 11 is 5.73. The smallest absolute Gasteiger partial charge is 0.134 e. The van der Waals surface area contributed by atoms with Crippen molar-refractivity contribution in [2.75, 3.05) is 25.1 Å². The molecule has 0 radical (unpaired) electrons. The van der Waals surface area contributed by atoms with Gasteiger partial charge in [-0.05, 0) is 12.3 Å². The number of ether oxygens (including phenoxy) is 1. The quantitative estimate of drug-likeness (QED) is 0.591. The largest absolute Gasteiger partial charge is 0.381 e. The summed E-state index contributed by atoms with van der Waals surface area (Å²) in [7, 11) is 0. The SMILES string of the molecule is CC(C)COCCCNc1cc(Cl)ncn1. The van der Waals surface area contributed by atoms with Crippen molar-refractivity contribution in [3.63, 3.8) is 0 Å². The molecule has 1 aromatic rings. The normalized spacial score (nSPS) is 10.8. The van der Waals surface area contributed by atoms with E-state index >= 15 is 0 Å². The summed E-state index contributed by atoms with van der Waals surface area (Å²) in [5, 5.41) is 3.61. The van der Waals surface area contributed by atoms with Gasteiger partial charge in [-0.2, -0.15) is 0 Å². The van der Waals surface area contributed by atoms with E-state index in [2.05, 4.69) is 29.1 Å².